The lowest BCUT2D eigenvalue weighted by Crippen LogP contribution is -2.28. The van der Waals surface area contributed by atoms with Crippen molar-refractivity contribution in [1.29, 1.82) is 0 Å². The Morgan fingerprint density at radius 2 is 0.842 bits per heavy atom. The molecule has 0 spiro atoms. The second-order valence-electron chi connectivity index (χ2n) is 14.9. The third-order valence-electron chi connectivity index (χ3n) is 11.8. The lowest BCUT2D eigenvalue weighted by atomic mass is 9.67. The van der Waals surface area contributed by atoms with Gasteiger partial charge in [0, 0.05) is 33.5 Å². The van der Waals surface area contributed by atoms with Gasteiger partial charge in [0.15, 0.2) is 0 Å². The molecular formula is C55H38N2. The molecule has 1 aromatic heterocycles. The van der Waals surface area contributed by atoms with E-state index in [1.165, 1.54) is 66.3 Å². The predicted molar refractivity (Wildman–Crippen MR) is 238 cm³/mol. The predicted octanol–water partition coefficient (Wildman–Crippen LogP) is 14.3. The van der Waals surface area contributed by atoms with Crippen LogP contribution in [-0.2, 0) is 5.41 Å². The first kappa shape index (κ1) is 33.0. The summed E-state index contributed by atoms with van der Waals surface area (Å²) in [6.45, 7) is 0. The van der Waals surface area contributed by atoms with Crippen LogP contribution >= 0.6 is 0 Å². The Morgan fingerprint density at radius 3 is 1.53 bits per heavy atom. The average molecular weight is 727 g/mol. The fraction of sp³-hybridized carbons (Fsp3) is 0.0182. The highest BCUT2D eigenvalue weighted by Crippen LogP contribution is 2.56. The van der Waals surface area contributed by atoms with E-state index in [0.29, 0.717) is 0 Å². The van der Waals surface area contributed by atoms with Crippen LogP contribution in [0.2, 0.25) is 0 Å². The van der Waals surface area contributed by atoms with E-state index in [-0.39, 0.29) is 0 Å². The van der Waals surface area contributed by atoms with E-state index >= 15 is 0 Å². The first-order valence-electron chi connectivity index (χ1n) is 19.7. The van der Waals surface area contributed by atoms with Gasteiger partial charge < -0.3 is 9.47 Å². The number of para-hydroxylation sites is 2. The van der Waals surface area contributed by atoms with Gasteiger partial charge in [0.25, 0.3) is 0 Å². The van der Waals surface area contributed by atoms with E-state index < -0.39 is 5.41 Å². The second-order valence-corrected chi connectivity index (χ2v) is 14.9. The summed E-state index contributed by atoms with van der Waals surface area (Å²) in [5.41, 5.74) is 16.4. The van der Waals surface area contributed by atoms with Crippen molar-refractivity contribution in [3.8, 4) is 27.9 Å². The van der Waals surface area contributed by atoms with Crippen LogP contribution < -0.4 is 4.90 Å². The number of anilines is 3. The number of benzene rings is 9. The minimum Gasteiger partial charge on any atom is -0.310 e. The smallest absolute Gasteiger partial charge is 0.0713 e. The largest absolute Gasteiger partial charge is 0.310 e. The van der Waals surface area contributed by atoms with Crippen molar-refractivity contribution in [3.05, 3.63) is 253 Å². The summed E-state index contributed by atoms with van der Waals surface area (Å²) in [6.07, 6.45) is 0. The van der Waals surface area contributed by atoms with Crippen LogP contribution in [0, 0.1) is 0 Å². The molecule has 10 aromatic rings. The van der Waals surface area contributed by atoms with Crippen molar-refractivity contribution in [2.45, 2.75) is 5.41 Å². The highest BCUT2D eigenvalue weighted by Gasteiger charge is 2.46. The van der Waals surface area contributed by atoms with Crippen LogP contribution in [0.1, 0.15) is 22.3 Å². The molecular weight excluding hydrogens is 689 g/mol. The maximum absolute atomic E-state index is 2.48. The van der Waals surface area contributed by atoms with Crippen molar-refractivity contribution in [1.82, 2.24) is 4.57 Å². The van der Waals surface area contributed by atoms with Gasteiger partial charge in [-0.15, -0.1) is 0 Å². The third-order valence-corrected chi connectivity index (χ3v) is 11.8. The van der Waals surface area contributed by atoms with Crippen LogP contribution in [0.5, 0.6) is 0 Å². The molecule has 1 heterocycles. The normalized spacial score (nSPS) is 12.7. The standard InChI is InChI=1S/C55H38N2/c1-5-18-39(19-6-1)40-20-17-27-45(36-40)56(43-23-9-3-10-24-43)46-33-35-54-50(38-46)49-37-42(32-34-53(49)57(54)44-25-11-4-12-26-44)55(41-21-7-2-8-22-41)51-30-15-13-28-47(51)48-29-14-16-31-52(48)55/h1-38H. The van der Waals surface area contributed by atoms with Crippen molar-refractivity contribution >= 4 is 38.9 Å². The molecule has 2 heteroatoms. The third kappa shape index (κ3) is 5.18. The zero-order valence-electron chi connectivity index (χ0n) is 31.3. The molecule has 0 atom stereocenters. The lowest BCUT2D eigenvalue weighted by Gasteiger charge is -2.34. The van der Waals surface area contributed by atoms with Crippen LogP contribution in [0.25, 0.3) is 49.7 Å². The van der Waals surface area contributed by atoms with E-state index in [1.807, 2.05) is 0 Å². The zero-order chi connectivity index (χ0) is 37.8. The summed E-state index contributed by atoms with van der Waals surface area (Å²) in [4.78, 5) is 2.39. The zero-order valence-corrected chi connectivity index (χ0v) is 31.3. The molecule has 0 bridgehead atoms. The molecule has 1 aliphatic rings. The fourth-order valence-corrected chi connectivity index (χ4v) is 9.43. The monoisotopic (exact) mass is 726 g/mol. The minimum absolute atomic E-state index is 0.491. The van der Waals surface area contributed by atoms with Gasteiger partial charge in [-0.3, -0.25) is 0 Å². The van der Waals surface area contributed by atoms with Crippen molar-refractivity contribution in [2.24, 2.45) is 0 Å². The van der Waals surface area contributed by atoms with Gasteiger partial charge in [0.1, 0.15) is 0 Å². The van der Waals surface area contributed by atoms with Gasteiger partial charge in [-0.25, -0.2) is 0 Å². The first-order valence-corrected chi connectivity index (χ1v) is 19.7. The van der Waals surface area contributed by atoms with Crippen LogP contribution in [0.15, 0.2) is 231 Å². The number of rotatable bonds is 7. The number of aromatic nitrogens is 1. The first-order chi connectivity index (χ1) is 28.3. The molecule has 1 aliphatic carbocycles. The van der Waals surface area contributed by atoms with Crippen molar-refractivity contribution in [3.63, 3.8) is 0 Å². The maximum Gasteiger partial charge on any atom is 0.0713 e. The molecule has 9 aromatic carbocycles. The molecule has 0 unspecified atom stereocenters. The van der Waals surface area contributed by atoms with Crippen LogP contribution in [-0.4, -0.2) is 4.57 Å². The van der Waals surface area contributed by atoms with Crippen LogP contribution in [0.3, 0.4) is 0 Å². The van der Waals surface area contributed by atoms with Gasteiger partial charge >= 0.3 is 0 Å². The minimum atomic E-state index is -0.491. The Hall–Kier alpha value is -7.42. The second kappa shape index (κ2) is 13.4. The number of nitrogens with zero attached hydrogens (tertiary/aromatic N) is 2. The Labute approximate surface area is 333 Å². The molecule has 0 aliphatic heterocycles. The quantitative estimate of drug-likeness (QED) is 0.159. The van der Waals surface area contributed by atoms with E-state index in [0.717, 1.165) is 22.7 Å². The lowest BCUT2D eigenvalue weighted by molar-refractivity contribution is 0.770. The summed E-state index contributed by atoms with van der Waals surface area (Å²) in [6, 6.07) is 84.2. The number of hydrogen-bond acceptors (Lipinski definition) is 1. The summed E-state index contributed by atoms with van der Waals surface area (Å²) in [7, 11) is 0. The molecule has 2 nitrogen and oxygen atoms in total. The van der Waals surface area contributed by atoms with Crippen molar-refractivity contribution < 1.29 is 0 Å². The molecule has 0 radical (unpaired) electrons. The van der Waals surface area contributed by atoms with Gasteiger partial charge in [-0.1, -0.05) is 164 Å². The number of fused-ring (bicyclic) bond motifs is 6. The topological polar surface area (TPSA) is 8.17 Å². The van der Waals surface area contributed by atoms with E-state index in [9.17, 15) is 0 Å². The van der Waals surface area contributed by atoms with E-state index in [1.54, 1.807) is 0 Å². The van der Waals surface area contributed by atoms with Gasteiger partial charge in [-0.05, 0) is 111 Å². The molecule has 0 saturated heterocycles. The van der Waals surface area contributed by atoms with Crippen LogP contribution in [0.4, 0.5) is 17.1 Å². The summed E-state index contributed by atoms with van der Waals surface area (Å²) >= 11 is 0. The summed E-state index contributed by atoms with van der Waals surface area (Å²) in [5, 5.41) is 2.42. The van der Waals surface area contributed by atoms with Gasteiger partial charge in [0.05, 0.1) is 16.4 Å². The number of hydrogen-bond donors (Lipinski definition) is 0. The Bertz CT molecular complexity index is 3010. The summed E-state index contributed by atoms with van der Waals surface area (Å²) in [5.74, 6) is 0. The molecule has 11 rings (SSSR count). The highest BCUT2D eigenvalue weighted by molar-refractivity contribution is 6.11. The Morgan fingerprint density at radius 1 is 0.333 bits per heavy atom. The fourth-order valence-electron chi connectivity index (χ4n) is 9.43. The molecule has 0 fully saturated rings. The van der Waals surface area contributed by atoms with Crippen molar-refractivity contribution in [2.75, 3.05) is 4.90 Å². The molecule has 57 heavy (non-hydrogen) atoms. The molecule has 0 amide bonds. The van der Waals surface area contributed by atoms with E-state index in [2.05, 4.69) is 240 Å². The SMILES string of the molecule is c1ccc(-c2cccc(N(c3ccccc3)c3ccc4c(c3)c3cc(C5(c6ccccc6)c6ccccc6-c6ccccc65)ccc3n4-c3ccccc3)c2)cc1. The van der Waals surface area contributed by atoms with E-state index in [4.69, 9.17) is 0 Å². The summed E-state index contributed by atoms with van der Waals surface area (Å²) < 4.78 is 2.42. The Balaban J connectivity index is 1.19. The maximum atomic E-state index is 2.48. The Kier molecular flexibility index (Phi) is 7.75. The van der Waals surface area contributed by atoms with Gasteiger partial charge in [-0.2, -0.15) is 0 Å². The van der Waals surface area contributed by atoms with Gasteiger partial charge in [0.2, 0.25) is 0 Å². The molecule has 268 valence electrons. The molecule has 0 saturated carbocycles. The highest BCUT2D eigenvalue weighted by atomic mass is 15.1. The molecule has 0 N–H and O–H groups in total. The average Bonchev–Trinajstić information content (AvgIpc) is 3.78.